The first-order valence-electron chi connectivity index (χ1n) is 21.8. The van der Waals surface area contributed by atoms with Gasteiger partial charge in [-0.25, -0.2) is 0 Å². The minimum atomic E-state index is -0.154. The van der Waals surface area contributed by atoms with Gasteiger partial charge in [-0.1, -0.05) is 166 Å². The number of para-hydroxylation sites is 2. The number of aryl methyl sites for hydroxylation is 4. The predicted octanol–water partition coefficient (Wildman–Crippen LogP) is 15.6. The average molecular weight is 785 g/mol. The Hall–Kier alpha value is -7.16. The molecule has 0 amide bonds. The molecule has 9 aromatic rings. The van der Waals surface area contributed by atoms with Gasteiger partial charge in [0, 0.05) is 39.1 Å². The second-order valence-corrected chi connectivity index (χ2v) is 17.2. The van der Waals surface area contributed by atoms with Crippen LogP contribution in [0.1, 0.15) is 47.2 Å². The highest BCUT2D eigenvalue weighted by molar-refractivity contribution is 6.03. The molecule has 0 radical (unpaired) electrons. The minimum Gasteiger partial charge on any atom is -0.310 e. The fourth-order valence-corrected chi connectivity index (χ4v) is 10.1. The van der Waals surface area contributed by atoms with E-state index in [0.717, 1.165) is 25.7 Å². The van der Waals surface area contributed by atoms with Gasteiger partial charge in [-0.3, -0.25) is 0 Å². The van der Waals surface area contributed by atoms with Gasteiger partial charge >= 0.3 is 0 Å². The molecular formula is C59H48N2. The number of anilines is 6. The van der Waals surface area contributed by atoms with Gasteiger partial charge in [0.25, 0.3) is 0 Å². The maximum Gasteiger partial charge on any atom is 0.0543 e. The number of nitrogens with zero attached hydrogens (tertiary/aromatic N) is 2. The van der Waals surface area contributed by atoms with Crippen molar-refractivity contribution in [3.8, 4) is 22.3 Å². The van der Waals surface area contributed by atoms with Crippen molar-refractivity contribution in [3.63, 3.8) is 0 Å². The molecule has 5 aliphatic carbocycles. The summed E-state index contributed by atoms with van der Waals surface area (Å²) >= 11 is 0. The maximum atomic E-state index is 2.62. The minimum absolute atomic E-state index is 0.154. The van der Waals surface area contributed by atoms with E-state index in [1.807, 2.05) is 0 Å². The van der Waals surface area contributed by atoms with Gasteiger partial charge in [0.1, 0.15) is 0 Å². The van der Waals surface area contributed by atoms with Crippen LogP contribution in [0, 0.1) is 0 Å². The molecule has 0 aliphatic heterocycles. The van der Waals surface area contributed by atoms with Gasteiger partial charge in [0.2, 0.25) is 0 Å². The number of hydrogen-bond acceptors (Lipinski definition) is 2. The molecular weight excluding hydrogens is 737 g/mol. The number of hydrogen-bond donors (Lipinski definition) is 0. The van der Waals surface area contributed by atoms with E-state index in [-0.39, 0.29) is 5.41 Å². The molecule has 0 heterocycles. The van der Waals surface area contributed by atoms with E-state index in [1.165, 1.54) is 101 Å². The van der Waals surface area contributed by atoms with Gasteiger partial charge in [-0.05, 0) is 136 Å². The number of rotatable bonds is 7. The topological polar surface area (TPSA) is 6.48 Å². The Labute approximate surface area is 360 Å². The highest BCUT2D eigenvalue weighted by Crippen LogP contribution is 2.54. The van der Waals surface area contributed by atoms with Crippen LogP contribution in [0.25, 0.3) is 33.0 Å². The lowest BCUT2D eigenvalue weighted by Gasteiger charge is -2.33. The smallest absolute Gasteiger partial charge is 0.0543 e. The van der Waals surface area contributed by atoms with E-state index in [2.05, 4.69) is 230 Å². The first kappa shape index (κ1) is 36.9. The zero-order chi connectivity index (χ0) is 40.9. The van der Waals surface area contributed by atoms with E-state index in [1.54, 1.807) is 0 Å². The van der Waals surface area contributed by atoms with Crippen molar-refractivity contribution in [2.75, 3.05) is 9.80 Å². The van der Waals surface area contributed by atoms with Crippen LogP contribution >= 0.6 is 0 Å². The molecule has 61 heavy (non-hydrogen) atoms. The Morgan fingerprint density at radius 2 is 0.918 bits per heavy atom. The van der Waals surface area contributed by atoms with Crippen LogP contribution in [0.4, 0.5) is 34.1 Å². The second-order valence-electron chi connectivity index (χ2n) is 17.2. The summed E-state index contributed by atoms with van der Waals surface area (Å²) in [4.78, 5) is 5.06. The fourth-order valence-electron chi connectivity index (χ4n) is 10.1. The molecule has 4 bridgehead atoms. The van der Waals surface area contributed by atoms with Gasteiger partial charge in [-0.2, -0.15) is 0 Å². The molecule has 0 aromatic heterocycles. The summed E-state index contributed by atoms with van der Waals surface area (Å²) in [6.45, 7) is 4.79. The van der Waals surface area contributed by atoms with Crippen LogP contribution in [0.3, 0.4) is 0 Å². The third-order valence-corrected chi connectivity index (χ3v) is 13.2. The summed E-state index contributed by atoms with van der Waals surface area (Å²) in [7, 11) is 0. The largest absolute Gasteiger partial charge is 0.310 e. The molecule has 0 N–H and O–H groups in total. The third-order valence-electron chi connectivity index (χ3n) is 13.2. The Kier molecular flexibility index (Phi) is 9.16. The van der Waals surface area contributed by atoms with E-state index >= 15 is 0 Å². The first-order chi connectivity index (χ1) is 30.0. The predicted molar refractivity (Wildman–Crippen MR) is 258 cm³/mol. The van der Waals surface area contributed by atoms with Crippen LogP contribution in [0.15, 0.2) is 206 Å². The molecule has 2 nitrogen and oxygen atoms in total. The van der Waals surface area contributed by atoms with E-state index in [4.69, 9.17) is 0 Å². The van der Waals surface area contributed by atoms with Crippen molar-refractivity contribution in [1.29, 1.82) is 0 Å². The molecule has 0 saturated carbocycles. The molecule has 0 spiro atoms. The van der Waals surface area contributed by atoms with Crippen molar-refractivity contribution in [2.45, 2.75) is 44.9 Å². The van der Waals surface area contributed by atoms with Gasteiger partial charge in [0.05, 0.1) is 11.4 Å². The van der Waals surface area contributed by atoms with Crippen molar-refractivity contribution < 1.29 is 0 Å². The van der Waals surface area contributed by atoms with E-state index in [9.17, 15) is 0 Å². The Morgan fingerprint density at radius 1 is 0.361 bits per heavy atom. The van der Waals surface area contributed by atoms with Crippen molar-refractivity contribution in [3.05, 3.63) is 240 Å². The van der Waals surface area contributed by atoms with Gasteiger partial charge in [0.15, 0.2) is 0 Å². The quantitative estimate of drug-likeness (QED) is 0.159. The summed E-state index contributed by atoms with van der Waals surface area (Å²) in [6.07, 6.45) is 3.64. The SMILES string of the molecule is CC1(C)c2ccccc2-c2cc(-c3ccccc3)c(N(c3cc4ccc3CCc3ccc(c(N(c5ccccc5)c5ccccc5)c3)CC4)c3cccc4ccccc34)cc21. The summed E-state index contributed by atoms with van der Waals surface area (Å²) in [5, 5.41) is 2.48. The summed E-state index contributed by atoms with van der Waals surface area (Å²) in [5.41, 5.74) is 20.3. The zero-order valence-corrected chi connectivity index (χ0v) is 34.9. The maximum absolute atomic E-state index is 2.62. The highest BCUT2D eigenvalue weighted by Gasteiger charge is 2.37. The first-order valence-corrected chi connectivity index (χ1v) is 21.8. The third kappa shape index (κ3) is 6.51. The molecule has 14 rings (SSSR count). The lowest BCUT2D eigenvalue weighted by molar-refractivity contribution is 0.660. The van der Waals surface area contributed by atoms with Crippen molar-refractivity contribution >= 4 is 44.9 Å². The van der Waals surface area contributed by atoms with Gasteiger partial charge in [-0.15, -0.1) is 0 Å². The van der Waals surface area contributed by atoms with Crippen molar-refractivity contribution in [2.24, 2.45) is 0 Å². The number of fused-ring (bicyclic) bond motifs is 4. The van der Waals surface area contributed by atoms with Crippen LogP contribution in [0.5, 0.6) is 0 Å². The fraction of sp³-hybridized carbons (Fsp3) is 0.119. The Balaban J connectivity index is 1.11. The van der Waals surface area contributed by atoms with Gasteiger partial charge < -0.3 is 9.80 Å². The molecule has 5 aliphatic rings. The Morgan fingerprint density at radius 3 is 1.59 bits per heavy atom. The number of benzene rings is 9. The van der Waals surface area contributed by atoms with Crippen LogP contribution in [-0.2, 0) is 31.1 Å². The molecule has 0 saturated heterocycles. The molecule has 0 fully saturated rings. The second kappa shape index (κ2) is 15.1. The highest BCUT2D eigenvalue weighted by atomic mass is 15.2. The molecule has 9 aromatic carbocycles. The zero-order valence-electron chi connectivity index (χ0n) is 34.9. The molecule has 0 unspecified atom stereocenters. The lowest BCUT2D eigenvalue weighted by atomic mass is 9.81. The van der Waals surface area contributed by atoms with E-state index in [0.29, 0.717) is 0 Å². The normalized spacial score (nSPS) is 13.6. The molecule has 0 atom stereocenters. The van der Waals surface area contributed by atoms with Crippen LogP contribution in [-0.4, -0.2) is 0 Å². The summed E-state index contributed by atoms with van der Waals surface area (Å²) in [5.74, 6) is 0. The summed E-state index contributed by atoms with van der Waals surface area (Å²) < 4.78 is 0. The standard InChI is InChI=1S/C59H48N2/c1-59(2)53-27-15-14-26-50(53)52-39-51(44-17-6-3-7-18-44)58(40-54(52)59)61(55-28-16-20-43-19-12-13-25-49(43)55)57-38-42-30-34-45-33-29-41(31-35-46(57)36-32-42)37-56(45)60(47-21-8-4-9-22-47)48-23-10-5-11-24-48/h3-29,32-33,36-40H,30-31,34-35H2,1-2H3. The van der Waals surface area contributed by atoms with Crippen LogP contribution in [0.2, 0.25) is 0 Å². The van der Waals surface area contributed by atoms with Crippen molar-refractivity contribution in [1.82, 2.24) is 0 Å². The molecule has 2 heteroatoms. The monoisotopic (exact) mass is 784 g/mol. The molecule has 294 valence electrons. The lowest BCUT2D eigenvalue weighted by Crippen LogP contribution is -2.18. The van der Waals surface area contributed by atoms with E-state index < -0.39 is 0 Å². The average Bonchev–Trinajstić information content (AvgIpc) is 3.53. The Bertz CT molecular complexity index is 3010. The summed E-state index contributed by atoms with van der Waals surface area (Å²) in [6, 6.07) is 76.9. The van der Waals surface area contributed by atoms with Crippen LogP contribution < -0.4 is 9.80 Å².